The lowest BCUT2D eigenvalue weighted by atomic mass is 10.1. The van der Waals surface area contributed by atoms with Crippen LogP contribution in [0.15, 0.2) is 58.4 Å². The second kappa shape index (κ2) is 7.97. The number of rotatable bonds is 5. The molecule has 6 nitrogen and oxygen atoms in total. The number of thiazole rings is 1. The fourth-order valence-electron chi connectivity index (χ4n) is 2.86. The van der Waals surface area contributed by atoms with Gasteiger partial charge in [0.25, 0.3) is 11.8 Å². The number of nitrogens with zero attached hydrogens (tertiary/aromatic N) is 3. The molecule has 2 heterocycles. The molecule has 0 saturated carbocycles. The van der Waals surface area contributed by atoms with Gasteiger partial charge in [-0.2, -0.15) is 4.98 Å². The Morgan fingerprint density at radius 2 is 1.86 bits per heavy atom. The molecule has 2 aromatic heterocycles. The Morgan fingerprint density at radius 1 is 1.07 bits per heavy atom. The Balaban J connectivity index is 1.63. The summed E-state index contributed by atoms with van der Waals surface area (Å²) in [5.41, 5.74) is 3.59. The third-order valence-electron chi connectivity index (χ3n) is 4.46. The van der Waals surface area contributed by atoms with Crippen LogP contribution in [0.25, 0.3) is 22.0 Å². The van der Waals surface area contributed by atoms with E-state index >= 15 is 0 Å². The molecule has 1 N–H and O–H groups in total. The van der Waals surface area contributed by atoms with Gasteiger partial charge in [0.05, 0.1) is 11.3 Å². The van der Waals surface area contributed by atoms with Crippen molar-refractivity contribution in [2.75, 3.05) is 5.32 Å². The number of benzene rings is 2. The van der Waals surface area contributed by atoms with Crippen LogP contribution in [0, 0.1) is 6.92 Å². The highest BCUT2D eigenvalue weighted by atomic mass is 32.1. The van der Waals surface area contributed by atoms with Gasteiger partial charge in [-0.15, -0.1) is 11.3 Å². The molecule has 0 spiro atoms. The van der Waals surface area contributed by atoms with Crippen LogP contribution in [0.4, 0.5) is 5.69 Å². The maximum absolute atomic E-state index is 12.9. The Kier molecular flexibility index (Phi) is 5.22. The number of nitrogens with one attached hydrogen (secondary N) is 1. The molecular formula is C22H20N4O2S. The van der Waals surface area contributed by atoms with Gasteiger partial charge in [-0.25, -0.2) is 4.98 Å². The molecule has 0 unspecified atom stereocenters. The summed E-state index contributed by atoms with van der Waals surface area (Å²) < 4.78 is 5.43. The summed E-state index contributed by atoms with van der Waals surface area (Å²) in [6.07, 6.45) is 0. The van der Waals surface area contributed by atoms with E-state index in [9.17, 15) is 4.79 Å². The third-order valence-corrected chi connectivity index (χ3v) is 5.35. The summed E-state index contributed by atoms with van der Waals surface area (Å²) in [7, 11) is 0. The lowest BCUT2D eigenvalue weighted by molar-refractivity contribution is 0.102. The van der Waals surface area contributed by atoms with Gasteiger partial charge < -0.3 is 9.84 Å². The van der Waals surface area contributed by atoms with E-state index in [2.05, 4.69) is 20.4 Å². The zero-order chi connectivity index (χ0) is 20.4. The predicted octanol–water partition coefficient (Wildman–Crippen LogP) is 5.54. The van der Waals surface area contributed by atoms with Gasteiger partial charge in [-0.3, -0.25) is 4.79 Å². The number of aryl methyl sites for hydroxylation is 1. The molecule has 0 aliphatic heterocycles. The normalized spacial score (nSPS) is 11.0. The van der Waals surface area contributed by atoms with E-state index in [0.717, 1.165) is 16.1 Å². The minimum atomic E-state index is -0.275. The van der Waals surface area contributed by atoms with Crippen LogP contribution in [-0.2, 0) is 0 Å². The average Bonchev–Trinajstić information content (AvgIpc) is 3.40. The van der Waals surface area contributed by atoms with Crippen molar-refractivity contribution in [1.82, 2.24) is 15.1 Å². The van der Waals surface area contributed by atoms with Crippen molar-refractivity contribution in [3.05, 3.63) is 71.0 Å². The van der Waals surface area contributed by atoms with Gasteiger partial charge in [0, 0.05) is 16.9 Å². The first-order valence-corrected chi connectivity index (χ1v) is 10.2. The molecule has 7 heteroatoms. The minimum Gasteiger partial charge on any atom is -0.334 e. The van der Waals surface area contributed by atoms with Crippen molar-refractivity contribution in [3.8, 4) is 22.0 Å². The van der Waals surface area contributed by atoms with Gasteiger partial charge in [-0.1, -0.05) is 61.5 Å². The first kappa shape index (κ1) is 19.0. The van der Waals surface area contributed by atoms with Crippen molar-refractivity contribution in [1.29, 1.82) is 0 Å². The Bertz CT molecular complexity index is 1150. The number of para-hydroxylation sites is 1. The number of carbonyl (C=O) groups excluding carboxylic acids is 1. The quantitative estimate of drug-likeness (QED) is 0.472. The highest BCUT2D eigenvalue weighted by Crippen LogP contribution is 2.31. The molecule has 4 rings (SSSR count). The van der Waals surface area contributed by atoms with E-state index in [0.29, 0.717) is 28.7 Å². The largest absolute Gasteiger partial charge is 0.334 e. The number of aromatic nitrogens is 3. The maximum Gasteiger partial charge on any atom is 0.275 e. The van der Waals surface area contributed by atoms with Crippen LogP contribution in [0.5, 0.6) is 0 Å². The molecule has 0 bridgehead atoms. The van der Waals surface area contributed by atoms with E-state index in [1.807, 2.05) is 69.3 Å². The van der Waals surface area contributed by atoms with E-state index in [-0.39, 0.29) is 11.8 Å². The van der Waals surface area contributed by atoms with E-state index < -0.39 is 0 Å². The first-order valence-electron chi connectivity index (χ1n) is 9.29. The topological polar surface area (TPSA) is 80.9 Å². The zero-order valence-corrected chi connectivity index (χ0v) is 17.2. The summed E-state index contributed by atoms with van der Waals surface area (Å²) >= 11 is 1.44. The summed E-state index contributed by atoms with van der Waals surface area (Å²) in [6.45, 7) is 5.93. The van der Waals surface area contributed by atoms with Crippen molar-refractivity contribution in [3.63, 3.8) is 0 Å². The lowest BCUT2D eigenvalue weighted by Crippen LogP contribution is -2.14. The number of amides is 1. The fraction of sp³-hybridized carbons (Fsp3) is 0.182. The molecule has 29 heavy (non-hydrogen) atoms. The molecule has 0 aliphatic rings. The van der Waals surface area contributed by atoms with E-state index in [1.165, 1.54) is 11.3 Å². The number of carbonyl (C=O) groups is 1. The van der Waals surface area contributed by atoms with Crippen molar-refractivity contribution >= 4 is 22.9 Å². The van der Waals surface area contributed by atoms with Crippen LogP contribution in [-0.4, -0.2) is 21.0 Å². The zero-order valence-electron chi connectivity index (χ0n) is 16.3. The van der Waals surface area contributed by atoms with Crippen LogP contribution < -0.4 is 5.32 Å². The van der Waals surface area contributed by atoms with E-state index in [4.69, 9.17) is 4.52 Å². The molecule has 0 fully saturated rings. The Morgan fingerprint density at radius 3 is 2.59 bits per heavy atom. The highest BCUT2D eigenvalue weighted by Gasteiger charge is 2.19. The highest BCUT2D eigenvalue weighted by molar-refractivity contribution is 7.13. The number of hydrogen-bond acceptors (Lipinski definition) is 6. The standard InChI is InChI=1S/C22H20N4O2S/c1-13(2)19-25-21(28-26-19)16-11-7-8-14(3)18(16)24-20(27)17-12-29-22(23-17)15-9-5-4-6-10-15/h4-13H,1-3H3,(H,24,27). The molecule has 0 aliphatic carbocycles. The first-order chi connectivity index (χ1) is 14.0. The minimum absolute atomic E-state index is 0.154. The average molecular weight is 404 g/mol. The van der Waals surface area contributed by atoms with Crippen LogP contribution in [0.2, 0.25) is 0 Å². The van der Waals surface area contributed by atoms with Gasteiger partial charge in [-0.05, 0) is 18.6 Å². The van der Waals surface area contributed by atoms with Gasteiger partial charge in [0.15, 0.2) is 5.82 Å². The molecule has 1 amide bonds. The van der Waals surface area contributed by atoms with Crippen LogP contribution in [0.1, 0.15) is 41.6 Å². The number of anilines is 1. The fourth-order valence-corrected chi connectivity index (χ4v) is 3.67. The van der Waals surface area contributed by atoms with Gasteiger partial charge in [0.1, 0.15) is 10.7 Å². The Hall–Kier alpha value is -3.32. The smallest absolute Gasteiger partial charge is 0.275 e. The maximum atomic E-state index is 12.9. The molecule has 4 aromatic rings. The molecule has 146 valence electrons. The van der Waals surface area contributed by atoms with Gasteiger partial charge >= 0.3 is 0 Å². The summed E-state index contributed by atoms with van der Waals surface area (Å²) in [6, 6.07) is 15.5. The molecule has 2 aromatic carbocycles. The second-order valence-corrected chi connectivity index (χ2v) is 7.83. The number of hydrogen-bond donors (Lipinski definition) is 1. The summed E-state index contributed by atoms with van der Waals surface area (Å²) in [5, 5.41) is 9.57. The van der Waals surface area contributed by atoms with E-state index in [1.54, 1.807) is 5.38 Å². The van der Waals surface area contributed by atoms with Crippen molar-refractivity contribution in [2.24, 2.45) is 0 Å². The molecule has 0 atom stereocenters. The van der Waals surface area contributed by atoms with Gasteiger partial charge in [0.2, 0.25) is 0 Å². The summed E-state index contributed by atoms with van der Waals surface area (Å²) in [4.78, 5) is 21.8. The lowest BCUT2D eigenvalue weighted by Gasteiger charge is -2.10. The molecule has 0 saturated heterocycles. The molecular weight excluding hydrogens is 384 g/mol. The van der Waals surface area contributed by atoms with Crippen molar-refractivity contribution in [2.45, 2.75) is 26.7 Å². The summed E-state index contributed by atoms with van der Waals surface area (Å²) in [5.74, 6) is 0.895. The van der Waals surface area contributed by atoms with Crippen molar-refractivity contribution < 1.29 is 9.32 Å². The monoisotopic (exact) mass is 404 g/mol. The second-order valence-electron chi connectivity index (χ2n) is 6.97. The SMILES string of the molecule is Cc1cccc(-c2nc(C(C)C)no2)c1NC(=O)c1csc(-c2ccccc2)n1. The van der Waals surface area contributed by atoms with Crippen LogP contribution >= 0.6 is 11.3 Å². The predicted molar refractivity (Wildman–Crippen MR) is 114 cm³/mol. The Labute approximate surface area is 172 Å². The third kappa shape index (κ3) is 3.95. The van der Waals surface area contributed by atoms with Crippen LogP contribution in [0.3, 0.4) is 0 Å². The molecule has 0 radical (unpaired) electrons.